The molecule has 2 fully saturated rings. The van der Waals surface area contributed by atoms with Gasteiger partial charge in [-0.15, -0.1) is 0 Å². The second-order valence-corrected chi connectivity index (χ2v) is 11.2. The zero-order valence-corrected chi connectivity index (χ0v) is 19.0. The van der Waals surface area contributed by atoms with Crippen LogP contribution in [0, 0.1) is 5.82 Å². The molecule has 174 valence electrons. The molecule has 1 N–H and O–H groups in total. The molecule has 3 aromatic rings. The largest absolute Gasteiger partial charge is 0.393 e. The standard InChI is InChI=1S/C23H25FN4O4S/c1-33(31,32)13-27-22-11-21(23(30)28-16-5-6-17(28)10-18(29)9-16)25-12-19(22)20(26-27)8-14-3-2-4-15(24)7-14/h2-4,7,11-12,16-18,29H,5-6,8-10,13H2,1H3. The van der Waals surface area contributed by atoms with E-state index < -0.39 is 9.84 Å². The first kappa shape index (κ1) is 22.0. The van der Waals surface area contributed by atoms with E-state index >= 15 is 0 Å². The predicted molar refractivity (Wildman–Crippen MR) is 120 cm³/mol. The normalized spacial score (nSPS) is 22.8. The Morgan fingerprint density at radius 3 is 2.61 bits per heavy atom. The molecule has 2 bridgehead atoms. The predicted octanol–water partition coefficient (Wildman–Crippen LogP) is 2.29. The van der Waals surface area contributed by atoms with Crippen LogP contribution in [-0.2, 0) is 22.1 Å². The Labute approximate surface area is 191 Å². The lowest BCUT2D eigenvalue weighted by molar-refractivity contribution is 0.0282. The molecule has 2 aliphatic rings. The van der Waals surface area contributed by atoms with Crippen molar-refractivity contribution in [2.24, 2.45) is 0 Å². The number of fused-ring (bicyclic) bond motifs is 3. The molecule has 0 aliphatic carbocycles. The summed E-state index contributed by atoms with van der Waals surface area (Å²) < 4.78 is 39.1. The highest BCUT2D eigenvalue weighted by atomic mass is 32.2. The number of pyridine rings is 1. The summed E-state index contributed by atoms with van der Waals surface area (Å²) in [6, 6.07) is 7.73. The maximum absolute atomic E-state index is 13.6. The van der Waals surface area contributed by atoms with Crippen molar-refractivity contribution in [2.45, 2.75) is 56.2 Å². The van der Waals surface area contributed by atoms with E-state index in [4.69, 9.17) is 0 Å². The highest BCUT2D eigenvalue weighted by Gasteiger charge is 2.43. The minimum atomic E-state index is -3.41. The van der Waals surface area contributed by atoms with Gasteiger partial charge in [0.2, 0.25) is 0 Å². The first-order chi connectivity index (χ1) is 15.7. The molecule has 0 saturated carbocycles. The number of amides is 1. The lowest BCUT2D eigenvalue weighted by Crippen LogP contribution is -2.48. The Balaban J connectivity index is 1.53. The molecule has 1 amide bonds. The number of carbonyl (C=O) groups excluding carboxylic acids is 1. The molecule has 8 nitrogen and oxygen atoms in total. The average molecular weight is 473 g/mol. The van der Waals surface area contributed by atoms with Gasteiger partial charge in [0.15, 0.2) is 9.84 Å². The van der Waals surface area contributed by atoms with E-state index in [1.54, 1.807) is 24.4 Å². The van der Waals surface area contributed by atoms with E-state index in [9.17, 15) is 22.7 Å². The number of benzene rings is 1. The number of halogens is 1. The molecule has 0 spiro atoms. The third-order valence-corrected chi connectivity index (χ3v) is 7.21. The quantitative estimate of drug-likeness (QED) is 0.611. The van der Waals surface area contributed by atoms with Crippen molar-refractivity contribution in [1.82, 2.24) is 19.7 Å². The Bertz CT molecular complexity index is 1330. The topological polar surface area (TPSA) is 105 Å². The molecule has 1 aromatic carbocycles. The summed E-state index contributed by atoms with van der Waals surface area (Å²) >= 11 is 0. The van der Waals surface area contributed by atoms with E-state index in [0.717, 1.165) is 19.1 Å². The van der Waals surface area contributed by atoms with Crippen LogP contribution in [0.25, 0.3) is 10.9 Å². The van der Waals surface area contributed by atoms with Gasteiger partial charge in [-0.25, -0.2) is 17.5 Å². The van der Waals surface area contributed by atoms with Gasteiger partial charge in [-0.2, -0.15) is 5.10 Å². The van der Waals surface area contributed by atoms with Gasteiger partial charge < -0.3 is 10.0 Å². The Hall–Kier alpha value is -2.85. The van der Waals surface area contributed by atoms with Crippen LogP contribution in [0.15, 0.2) is 36.5 Å². The van der Waals surface area contributed by atoms with E-state index in [1.165, 1.54) is 16.8 Å². The fourth-order valence-corrected chi connectivity index (χ4v) is 5.80. The second-order valence-electron chi connectivity index (χ2n) is 9.12. The van der Waals surface area contributed by atoms with Crippen LogP contribution >= 0.6 is 0 Å². The van der Waals surface area contributed by atoms with E-state index in [2.05, 4.69) is 10.1 Å². The Morgan fingerprint density at radius 2 is 1.94 bits per heavy atom. The van der Waals surface area contributed by atoms with Gasteiger partial charge in [-0.05, 0) is 49.4 Å². The summed E-state index contributed by atoms with van der Waals surface area (Å²) in [5, 5.41) is 15.1. The molecular weight excluding hydrogens is 447 g/mol. The number of piperidine rings is 1. The van der Waals surface area contributed by atoms with Crippen LogP contribution in [-0.4, -0.2) is 63.5 Å². The van der Waals surface area contributed by atoms with Crippen molar-refractivity contribution < 1.29 is 22.7 Å². The molecule has 33 heavy (non-hydrogen) atoms. The highest BCUT2D eigenvalue weighted by Crippen LogP contribution is 2.37. The monoisotopic (exact) mass is 472 g/mol. The number of hydrogen-bond acceptors (Lipinski definition) is 6. The van der Waals surface area contributed by atoms with Crippen molar-refractivity contribution in [3.05, 3.63) is 59.3 Å². The van der Waals surface area contributed by atoms with Gasteiger partial charge in [0.05, 0.1) is 17.3 Å². The molecule has 5 rings (SSSR count). The van der Waals surface area contributed by atoms with E-state index in [-0.39, 0.29) is 41.5 Å². The zero-order chi connectivity index (χ0) is 23.3. The van der Waals surface area contributed by atoms with E-state index in [1.807, 2.05) is 4.90 Å². The summed E-state index contributed by atoms with van der Waals surface area (Å²) in [6.07, 6.45) is 5.43. The maximum Gasteiger partial charge on any atom is 0.273 e. The van der Waals surface area contributed by atoms with Crippen molar-refractivity contribution in [2.75, 3.05) is 6.26 Å². The highest BCUT2D eigenvalue weighted by molar-refractivity contribution is 7.89. The van der Waals surface area contributed by atoms with Gasteiger partial charge in [-0.1, -0.05) is 12.1 Å². The second kappa shape index (κ2) is 8.18. The van der Waals surface area contributed by atoms with Gasteiger partial charge >= 0.3 is 0 Å². The number of aromatic nitrogens is 3. The number of rotatable bonds is 5. The third-order valence-electron chi connectivity index (χ3n) is 6.49. The van der Waals surface area contributed by atoms with Crippen molar-refractivity contribution in [1.29, 1.82) is 0 Å². The summed E-state index contributed by atoms with van der Waals surface area (Å²) in [4.78, 5) is 19.6. The lowest BCUT2D eigenvalue weighted by atomic mass is 9.99. The maximum atomic E-state index is 13.6. The molecule has 2 saturated heterocycles. The van der Waals surface area contributed by atoms with Crippen molar-refractivity contribution in [3.8, 4) is 0 Å². The first-order valence-electron chi connectivity index (χ1n) is 11.0. The average Bonchev–Trinajstić information content (AvgIpc) is 3.20. The number of nitrogens with zero attached hydrogens (tertiary/aromatic N) is 4. The molecule has 2 aromatic heterocycles. The summed E-state index contributed by atoms with van der Waals surface area (Å²) in [6.45, 7) is 0. The molecule has 10 heteroatoms. The van der Waals surface area contributed by atoms with Crippen LogP contribution in [0.5, 0.6) is 0 Å². The SMILES string of the molecule is CS(=O)(=O)Cn1nc(Cc2cccc(F)c2)c2cnc(C(=O)N3C4CCC3CC(O)C4)cc21. The summed E-state index contributed by atoms with van der Waals surface area (Å²) in [5.74, 6) is -0.916. The lowest BCUT2D eigenvalue weighted by Gasteiger charge is -2.37. The fraction of sp³-hybridized carbons (Fsp3) is 0.435. The molecule has 2 unspecified atom stereocenters. The number of hydrogen-bond donors (Lipinski definition) is 1. The molecule has 2 atom stereocenters. The summed E-state index contributed by atoms with van der Waals surface area (Å²) in [5.41, 5.74) is 1.98. The zero-order valence-electron chi connectivity index (χ0n) is 18.2. The Morgan fingerprint density at radius 1 is 1.21 bits per heavy atom. The Kier molecular flexibility index (Phi) is 5.44. The minimum absolute atomic E-state index is 0.00628. The van der Waals surface area contributed by atoms with Gasteiger partial charge in [0, 0.05) is 36.3 Å². The van der Waals surface area contributed by atoms with Crippen LogP contribution < -0.4 is 0 Å². The van der Waals surface area contributed by atoms with Crippen LogP contribution in [0.1, 0.15) is 47.4 Å². The van der Waals surface area contributed by atoms with Crippen LogP contribution in [0.3, 0.4) is 0 Å². The van der Waals surface area contributed by atoms with Crippen molar-refractivity contribution >= 4 is 26.6 Å². The van der Waals surface area contributed by atoms with Crippen LogP contribution in [0.2, 0.25) is 0 Å². The fourth-order valence-electron chi connectivity index (χ4n) is 5.15. The van der Waals surface area contributed by atoms with Gasteiger partial charge in [0.25, 0.3) is 5.91 Å². The van der Waals surface area contributed by atoms with Crippen LogP contribution in [0.4, 0.5) is 4.39 Å². The van der Waals surface area contributed by atoms with Crippen molar-refractivity contribution in [3.63, 3.8) is 0 Å². The number of aliphatic hydroxyl groups is 1. The minimum Gasteiger partial charge on any atom is -0.393 e. The molecule has 0 radical (unpaired) electrons. The molecular formula is C23H25FN4O4S. The van der Waals surface area contributed by atoms with E-state index in [0.29, 0.717) is 41.4 Å². The first-order valence-corrected chi connectivity index (χ1v) is 13.0. The number of sulfone groups is 1. The number of aliphatic hydroxyl groups excluding tert-OH is 1. The molecule has 4 heterocycles. The third kappa shape index (κ3) is 4.37. The van der Waals surface area contributed by atoms with Gasteiger partial charge in [0.1, 0.15) is 17.4 Å². The summed E-state index contributed by atoms with van der Waals surface area (Å²) in [7, 11) is -3.41. The molecule has 2 aliphatic heterocycles. The smallest absolute Gasteiger partial charge is 0.273 e. The number of carbonyl (C=O) groups is 1. The van der Waals surface area contributed by atoms with Gasteiger partial charge in [-0.3, -0.25) is 9.78 Å².